The van der Waals surface area contributed by atoms with E-state index in [-0.39, 0.29) is 12.1 Å². The Bertz CT molecular complexity index is 586. The highest BCUT2D eigenvalue weighted by molar-refractivity contribution is 7.89. The molecule has 0 radical (unpaired) electrons. The van der Waals surface area contributed by atoms with Crippen molar-refractivity contribution in [1.82, 2.24) is 4.31 Å². The predicted molar refractivity (Wildman–Crippen MR) is 78.3 cm³/mol. The summed E-state index contributed by atoms with van der Waals surface area (Å²) in [5.74, 6) is 0.692. The fourth-order valence-electron chi connectivity index (χ4n) is 2.69. The van der Waals surface area contributed by atoms with Crippen LogP contribution in [0.4, 0.5) is 0 Å². The molecule has 0 bridgehead atoms. The summed E-state index contributed by atoms with van der Waals surface area (Å²) in [5.41, 5.74) is 6.71. The Kier molecular flexibility index (Phi) is 4.36. The molecule has 0 saturated carbocycles. The van der Waals surface area contributed by atoms with Crippen LogP contribution in [-0.4, -0.2) is 38.5 Å². The Hall–Kier alpha value is -1.11. The smallest absolute Gasteiger partial charge is 0.243 e. The van der Waals surface area contributed by atoms with Crippen LogP contribution in [0.3, 0.4) is 0 Å². The van der Waals surface area contributed by atoms with Crippen LogP contribution < -0.4 is 10.5 Å². The molecule has 0 spiro atoms. The lowest BCUT2D eigenvalue weighted by Gasteiger charge is -2.35. The topological polar surface area (TPSA) is 72.6 Å². The van der Waals surface area contributed by atoms with Gasteiger partial charge in [0.2, 0.25) is 10.0 Å². The fourth-order valence-corrected chi connectivity index (χ4v) is 4.43. The molecule has 0 amide bonds. The molecule has 1 aromatic carbocycles. The highest BCUT2D eigenvalue weighted by Crippen LogP contribution is 2.27. The van der Waals surface area contributed by atoms with Gasteiger partial charge in [0.25, 0.3) is 0 Å². The normalized spacial score (nSPS) is 24.6. The maximum atomic E-state index is 12.7. The van der Waals surface area contributed by atoms with E-state index in [9.17, 15) is 8.42 Å². The van der Waals surface area contributed by atoms with E-state index in [0.717, 1.165) is 5.56 Å². The molecule has 1 fully saturated rings. The summed E-state index contributed by atoms with van der Waals surface area (Å²) in [5, 5.41) is 0. The molecule has 2 rings (SSSR count). The number of nitrogens with zero attached hydrogens (tertiary/aromatic N) is 1. The van der Waals surface area contributed by atoms with Crippen LogP contribution in [-0.2, 0) is 10.0 Å². The fraction of sp³-hybridized carbons (Fsp3) is 0.571. The van der Waals surface area contributed by atoms with Crippen LogP contribution in [0.1, 0.15) is 25.3 Å². The Morgan fingerprint density at radius 2 is 2.10 bits per heavy atom. The molecule has 1 aliphatic rings. The lowest BCUT2D eigenvalue weighted by atomic mass is 10.0. The molecule has 1 aromatic rings. The monoisotopic (exact) mass is 298 g/mol. The first kappa shape index (κ1) is 15.3. The number of nitrogens with two attached hydrogens (primary N) is 1. The molecule has 1 heterocycles. The first-order valence-corrected chi connectivity index (χ1v) is 8.22. The van der Waals surface area contributed by atoms with Gasteiger partial charge in [0.1, 0.15) is 5.75 Å². The molecule has 112 valence electrons. The van der Waals surface area contributed by atoms with E-state index in [1.165, 1.54) is 0 Å². The van der Waals surface area contributed by atoms with Crippen molar-refractivity contribution < 1.29 is 13.2 Å². The quantitative estimate of drug-likeness (QED) is 0.918. The molecule has 20 heavy (non-hydrogen) atoms. The van der Waals surface area contributed by atoms with E-state index in [1.54, 1.807) is 29.6 Å². The van der Waals surface area contributed by atoms with Crippen LogP contribution in [0.15, 0.2) is 23.1 Å². The first-order valence-electron chi connectivity index (χ1n) is 6.78. The van der Waals surface area contributed by atoms with Crippen molar-refractivity contribution >= 4 is 10.0 Å². The number of rotatable bonds is 3. The first-order chi connectivity index (χ1) is 9.36. The molecule has 1 aliphatic heterocycles. The second kappa shape index (κ2) is 5.71. The van der Waals surface area contributed by atoms with Gasteiger partial charge in [-0.1, -0.05) is 0 Å². The van der Waals surface area contributed by atoms with Gasteiger partial charge in [0.05, 0.1) is 12.0 Å². The maximum Gasteiger partial charge on any atom is 0.243 e. The molecular formula is C14H22N2O3S. The van der Waals surface area contributed by atoms with Crippen LogP contribution in [0.5, 0.6) is 5.75 Å². The average Bonchev–Trinajstić information content (AvgIpc) is 2.38. The van der Waals surface area contributed by atoms with Gasteiger partial charge in [0.15, 0.2) is 0 Å². The standard InChI is InChI=1S/C14H22N2O3S/c1-10-8-13(4-5-14(10)19-3)20(17,18)16-7-6-12(15)9-11(16)2/h4-5,8,11-12H,6-7,9,15H2,1-3H3. The molecule has 2 N–H and O–H groups in total. The van der Waals surface area contributed by atoms with Gasteiger partial charge in [0, 0.05) is 18.6 Å². The zero-order valence-corrected chi connectivity index (χ0v) is 13.0. The highest BCUT2D eigenvalue weighted by Gasteiger charge is 2.33. The zero-order valence-electron chi connectivity index (χ0n) is 12.2. The van der Waals surface area contributed by atoms with E-state index in [1.807, 2.05) is 13.8 Å². The maximum absolute atomic E-state index is 12.7. The van der Waals surface area contributed by atoms with Crippen molar-refractivity contribution in [3.05, 3.63) is 23.8 Å². The van der Waals surface area contributed by atoms with Crippen LogP contribution in [0, 0.1) is 6.92 Å². The average molecular weight is 298 g/mol. The number of aryl methyl sites for hydroxylation is 1. The molecule has 0 aromatic heterocycles. The largest absolute Gasteiger partial charge is 0.496 e. The van der Waals surface area contributed by atoms with Crippen molar-refractivity contribution in [2.75, 3.05) is 13.7 Å². The number of benzene rings is 1. The van der Waals surface area contributed by atoms with Gasteiger partial charge in [-0.3, -0.25) is 0 Å². The highest BCUT2D eigenvalue weighted by atomic mass is 32.2. The second-order valence-electron chi connectivity index (χ2n) is 5.38. The summed E-state index contributed by atoms with van der Waals surface area (Å²) >= 11 is 0. The predicted octanol–water partition coefficient (Wildman–Crippen LogP) is 1.50. The van der Waals surface area contributed by atoms with Crippen molar-refractivity contribution in [3.63, 3.8) is 0 Å². The van der Waals surface area contributed by atoms with Crippen LogP contribution in [0.25, 0.3) is 0 Å². The summed E-state index contributed by atoms with van der Waals surface area (Å²) in [7, 11) is -1.89. The third-order valence-corrected chi connectivity index (χ3v) is 5.84. The van der Waals surface area contributed by atoms with Gasteiger partial charge >= 0.3 is 0 Å². The third-order valence-electron chi connectivity index (χ3n) is 3.83. The summed E-state index contributed by atoms with van der Waals surface area (Å²) in [6.45, 7) is 4.23. The van der Waals surface area contributed by atoms with Crippen molar-refractivity contribution in [3.8, 4) is 5.75 Å². The number of hydrogen-bond donors (Lipinski definition) is 1. The van der Waals surface area contributed by atoms with Crippen molar-refractivity contribution in [2.24, 2.45) is 5.73 Å². The Morgan fingerprint density at radius 1 is 1.40 bits per heavy atom. The molecule has 5 nitrogen and oxygen atoms in total. The minimum Gasteiger partial charge on any atom is -0.496 e. The van der Waals surface area contributed by atoms with E-state index >= 15 is 0 Å². The summed E-state index contributed by atoms with van der Waals surface area (Å²) in [4.78, 5) is 0.318. The van der Waals surface area contributed by atoms with Gasteiger partial charge < -0.3 is 10.5 Å². The third kappa shape index (κ3) is 2.82. The van der Waals surface area contributed by atoms with E-state index in [0.29, 0.717) is 30.0 Å². The summed E-state index contributed by atoms with van der Waals surface area (Å²) in [6.07, 6.45) is 1.41. The summed E-state index contributed by atoms with van der Waals surface area (Å²) < 4.78 is 32.1. The van der Waals surface area contributed by atoms with Crippen LogP contribution in [0.2, 0.25) is 0 Å². The lowest BCUT2D eigenvalue weighted by molar-refractivity contribution is 0.247. The SMILES string of the molecule is COc1ccc(S(=O)(=O)N2CCC(N)CC2C)cc1C. The van der Waals surface area contributed by atoms with E-state index in [2.05, 4.69) is 0 Å². The Labute approximate surface area is 120 Å². The second-order valence-corrected chi connectivity index (χ2v) is 7.27. The number of piperidine rings is 1. The molecule has 6 heteroatoms. The molecule has 2 unspecified atom stereocenters. The van der Waals surface area contributed by atoms with Gasteiger partial charge in [-0.2, -0.15) is 4.31 Å². The van der Waals surface area contributed by atoms with Gasteiger partial charge in [-0.05, 0) is 50.5 Å². The number of methoxy groups -OCH3 is 1. The van der Waals surface area contributed by atoms with Crippen molar-refractivity contribution in [2.45, 2.75) is 43.7 Å². The van der Waals surface area contributed by atoms with Crippen molar-refractivity contribution in [1.29, 1.82) is 0 Å². The molecule has 0 aliphatic carbocycles. The summed E-state index contributed by atoms with van der Waals surface area (Å²) in [6, 6.07) is 4.99. The minimum atomic E-state index is -3.46. The van der Waals surface area contributed by atoms with Gasteiger partial charge in [-0.25, -0.2) is 8.42 Å². The zero-order chi connectivity index (χ0) is 14.9. The van der Waals surface area contributed by atoms with E-state index < -0.39 is 10.0 Å². The van der Waals surface area contributed by atoms with Gasteiger partial charge in [-0.15, -0.1) is 0 Å². The number of ether oxygens (including phenoxy) is 1. The number of sulfonamides is 1. The molecular weight excluding hydrogens is 276 g/mol. The number of hydrogen-bond acceptors (Lipinski definition) is 4. The minimum absolute atomic E-state index is 0.0637. The molecule has 2 atom stereocenters. The van der Waals surface area contributed by atoms with Crippen LogP contribution >= 0.6 is 0 Å². The Balaban J connectivity index is 2.33. The molecule has 1 saturated heterocycles. The Morgan fingerprint density at radius 3 is 2.65 bits per heavy atom. The van der Waals surface area contributed by atoms with E-state index in [4.69, 9.17) is 10.5 Å². The lowest BCUT2D eigenvalue weighted by Crippen LogP contribution is -2.48.